The predicted molar refractivity (Wildman–Crippen MR) is 80.8 cm³/mol. The van der Waals surface area contributed by atoms with Crippen molar-refractivity contribution in [2.45, 2.75) is 38.6 Å². The number of anilines is 1. The summed E-state index contributed by atoms with van der Waals surface area (Å²) in [6.45, 7) is 3.19. The average Bonchev–Trinajstić information content (AvgIpc) is 3.27. The van der Waals surface area contributed by atoms with E-state index < -0.39 is 11.4 Å². The van der Waals surface area contributed by atoms with Gasteiger partial charge in [-0.25, -0.2) is 15.0 Å². The van der Waals surface area contributed by atoms with Gasteiger partial charge in [-0.2, -0.15) is 0 Å². The molecule has 0 amide bonds. The quantitative estimate of drug-likeness (QED) is 0.931. The molecular formula is C15H19N5O2. The summed E-state index contributed by atoms with van der Waals surface area (Å²) in [5.74, 6) is 0.120. The molecule has 2 aromatic heterocycles. The first kappa shape index (κ1) is 13.5. The van der Waals surface area contributed by atoms with E-state index in [4.69, 9.17) is 0 Å². The van der Waals surface area contributed by atoms with Crippen LogP contribution in [-0.4, -0.2) is 43.7 Å². The lowest BCUT2D eigenvalue weighted by molar-refractivity contribution is -0.149. The lowest BCUT2D eigenvalue weighted by Crippen LogP contribution is -2.43. The lowest BCUT2D eigenvalue weighted by atomic mass is 9.80. The zero-order chi connectivity index (χ0) is 15.3. The molecule has 1 saturated heterocycles. The molecule has 1 aliphatic carbocycles. The summed E-state index contributed by atoms with van der Waals surface area (Å²) in [6, 6.07) is 0.532. The van der Waals surface area contributed by atoms with Crippen molar-refractivity contribution in [2.75, 3.05) is 18.0 Å². The monoisotopic (exact) mass is 301 g/mol. The maximum atomic E-state index is 11.4. The molecule has 0 spiro atoms. The summed E-state index contributed by atoms with van der Waals surface area (Å²) in [5.41, 5.74) is 1.09. The second kappa shape index (κ2) is 4.66. The number of carboxylic acid groups (broad SMARTS) is 1. The minimum Gasteiger partial charge on any atom is -0.481 e. The molecular weight excluding hydrogens is 282 g/mol. The third kappa shape index (κ3) is 2.03. The van der Waals surface area contributed by atoms with Crippen LogP contribution >= 0.6 is 0 Å². The van der Waals surface area contributed by atoms with Crippen molar-refractivity contribution in [1.29, 1.82) is 0 Å². The van der Waals surface area contributed by atoms with Crippen molar-refractivity contribution in [3.63, 3.8) is 0 Å². The number of fused-ring (bicyclic) bond motifs is 1. The van der Waals surface area contributed by atoms with Crippen molar-refractivity contribution in [3.8, 4) is 0 Å². The van der Waals surface area contributed by atoms with Crippen molar-refractivity contribution in [1.82, 2.24) is 19.5 Å². The molecule has 1 N–H and O–H groups in total. The predicted octanol–water partition coefficient (Wildman–Crippen LogP) is 1.85. The minimum atomic E-state index is -0.710. The number of aliphatic carboxylic acids is 1. The largest absolute Gasteiger partial charge is 0.481 e. The Labute approximate surface area is 128 Å². The van der Waals surface area contributed by atoms with Crippen LogP contribution in [0.15, 0.2) is 12.7 Å². The number of nitrogens with zero attached hydrogens (tertiary/aromatic N) is 5. The molecule has 7 heteroatoms. The minimum absolute atomic E-state index is 0.532. The maximum absolute atomic E-state index is 11.4. The van der Waals surface area contributed by atoms with Gasteiger partial charge in [-0.05, 0) is 32.6 Å². The van der Waals surface area contributed by atoms with Gasteiger partial charge in [0.2, 0.25) is 0 Å². The van der Waals surface area contributed by atoms with Gasteiger partial charge in [-0.15, -0.1) is 0 Å². The smallest absolute Gasteiger partial charge is 0.309 e. The van der Waals surface area contributed by atoms with Gasteiger partial charge >= 0.3 is 5.97 Å². The number of imidazole rings is 1. The third-order valence-corrected chi connectivity index (χ3v) is 4.96. The second-order valence-electron chi connectivity index (χ2n) is 6.61. The van der Waals surface area contributed by atoms with E-state index >= 15 is 0 Å². The summed E-state index contributed by atoms with van der Waals surface area (Å²) in [7, 11) is 0. The zero-order valence-corrected chi connectivity index (χ0v) is 12.6. The van der Waals surface area contributed by atoms with E-state index in [0.29, 0.717) is 32.0 Å². The van der Waals surface area contributed by atoms with E-state index in [1.807, 2.05) is 13.3 Å². The Morgan fingerprint density at radius 1 is 1.27 bits per heavy atom. The number of hydrogen-bond acceptors (Lipinski definition) is 5. The van der Waals surface area contributed by atoms with Crippen LogP contribution in [0.1, 0.15) is 38.6 Å². The van der Waals surface area contributed by atoms with Gasteiger partial charge in [0, 0.05) is 19.1 Å². The lowest BCUT2D eigenvalue weighted by Gasteiger charge is -2.36. The zero-order valence-electron chi connectivity index (χ0n) is 12.6. The van der Waals surface area contributed by atoms with Crippen LogP contribution in [0.2, 0.25) is 0 Å². The SMILES string of the molecule is CC1(C(=O)O)CCN(c2ncnc3c2ncn3C2CC2)CC1. The molecule has 2 aliphatic rings. The summed E-state index contributed by atoms with van der Waals surface area (Å²) < 4.78 is 2.13. The van der Waals surface area contributed by atoms with Crippen LogP contribution in [-0.2, 0) is 4.79 Å². The molecule has 3 heterocycles. The van der Waals surface area contributed by atoms with Crippen LogP contribution in [0.3, 0.4) is 0 Å². The number of rotatable bonds is 3. The molecule has 0 radical (unpaired) electrons. The van der Waals surface area contributed by atoms with Crippen molar-refractivity contribution >= 4 is 23.0 Å². The van der Waals surface area contributed by atoms with E-state index in [0.717, 1.165) is 17.0 Å². The number of piperidine rings is 1. The molecule has 0 aromatic carbocycles. The summed E-state index contributed by atoms with van der Waals surface area (Å²) in [6.07, 6.45) is 7.06. The molecule has 22 heavy (non-hydrogen) atoms. The molecule has 0 bridgehead atoms. The van der Waals surface area contributed by atoms with Crippen LogP contribution in [0.25, 0.3) is 11.2 Å². The number of hydrogen-bond donors (Lipinski definition) is 1. The summed E-state index contributed by atoms with van der Waals surface area (Å²) in [4.78, 5) is 26.8. The summed E-state index contributed by atoms with van der Waals surface area (Å²) in [5, 5.41) is 9.34. The number of carboxylic acids is 1. The highest BCUT2D eigenvalue weighted by atomic mass is 16.4. The Hall–Kier alpha value is -2.18. The van der Waals surface area contributed by atoms with Gasteiger partial charge < -0.3 is 14.6 Å². The van der Waals surface area contributed by atoms with Gasteiger partial charge in [0.1, 0.15) is 6.33 Å². The van der Waals surface area contributed by atoms with E-state index in [9.17, 15) is 9.90 Å². The van der Waals surface area contributed by atoms with Crippen LogP contribution in [0, 0.1) is 5.41 Å². The number of aromatic nitrogens is 4. The molecule has 0 atom stereocenters. The van der Waals surface area contributed by atoms with Gasteiger partial charge in [-0.1, -0.05) is 0 Å². The molecule has 0 unspecified atom stereocenters. The Morgan fingerprint density at radius 3 is 2.64 bits per heavy atom. The van der Waals surface area contributed by atoms with Crippen LogP contribution in [0.4, 0.5) is 5.82 Å². The van der Waals surface area contributed by atoms with Gasteiger partial charge in [0.15, 0.2) is 17.0 Å². The van der Waals surface area contributed by atoms with Crippen molar-refractivity contribution in [2.24, 2.45) is 5.41 Å². The highest BCUT2D eigenvalue weighted by Gasteiger charge is 2.37. The van der Waals surface area contributed by atoms with Crippen LogP contribution < -0.4 is 4.90 Å². The Kier molecular flexibility index (Phi) is 2.85. The Morgan fingerprint density at radius 2 is 2.00 bits per heavy atom. The molecule has 4 rings (SSSR count). The molecule has 2 fully saturated rings. The first-order valence-corrected chi connectivity index (χ1v) is 7.74. The molecule has 7 nitrogen and oxygen atoms in total. The fourth-order valence-corrected chi connectivity index (χ4v) is 3.12. The maximum Gasteiger partial charge on any atom is 0.309 e. The van der Waals surface area contributed by atoms with Gasteiger partial charge in [-0.3, -0.25) is 4.79 Å². The van der Waals surface area contributed by atoms with Gasteiger partial charge in [0.25, 0.3) is 0 Å². The van der Waals surface area contributed by atoms with Crippen molar-refractivity contribution in [3.05, 3.63) is 12.7 Å². The normalized spacial score (nSPS) is 21.2. The fourth-order valence-electron chi connectivity index (χ4n) is 3.12. The van der Waals surface area contributed by atoms with E-state index in [2.05, 4.69) is 24.4 Å². The summed E-state index contributed by atoms with van der Waals surface area (Å²) >= 11 is 0. The molecule has 1 saturated carbocycles. The van der Waals surface area contributed by atoms with E-state index in [1.165, 1.54) is 12.8 Å². The Bertz CT molecular complexity index is 729. The molecule has 116 valence electrons. The van der Waals surface area contributed by atoms with Crippen molar-refractivity contribution < 1.29 is 9.90 Å². The first-order valence-electron chi connectivity index (χ1n) is 7.74. The van der Waals surface area contributed by atoms with E-state index in [-0.39, 0.29) is 0 Å². The standard InChI is InChI=1S/C15H19N5O2/c1-15(14(21)22)4-6-19(7-5-15)12-11-13(17-8-16-12)20(9-18-11)10-2-3-10/h8-10H,2-7H2,1H3,(H,21,22). The molecule has 1 aliphatic heterocycles. The van der Waals surface area contributed by atoms with Gasteiger partial charge in [0.05, 0.1) is 11.7 Å². The number of carbonyl (C=O) groups is 1. The fraction of sp³-hybridized carbons (Fsp3) is 0.600. The third-order valence-electron chi connectivity index (χ3n) is 4.96. The highest BCUT2D eigenvalue weighted by molar-refractivity contribution is 5.84. The van der Waals surface area contributed by atoms with E-state index in [1.54, 1.807) is 6.33 Å². The Balaban J connectivity index is 1.64. The highest BCUT2D eigenvalue weighted by Crippen LogP contribution is 2.38. The first-order chi connectivity index (χ1) is 10.6. The molecule has 2 aromatic rings. The average molecular weight is 301 g/mol. The van der Waals surface area contributed by atoms with Crippen LogP contribution in [0.5, 0.6) is 0 Å². The second-order valence-corrected chi connectivity index (χ2v) is 6.61. The topological polar surface area (TPSA) is 84.1 Å².